The van der Waals surface area contributed by atoms with Gasteiger partial charge in [-0.15, -0.1) is 23.5 Å². The van der Waals surface area contributed by atoms with Crippen LogP contribution in [0.4, 0.5) is 0 Å². The van der Waals surface area contributed by atoms with Crippen LogP contribution in [0.1, 0.15) is 20.3 Å². The van der Waals surface area contributed by atoms with Gasteiger partial charge in [0.15, 0.2) is 0 Å². The van der Waals surface area contributed by atoms with E-state index in [2.05, 4.69) is 10.6 Å². The molecule has 0 aromatic heterocycles. The zero-order valence-corrected chi connectivity index (χ0v) is 19.1. The van der Waals surface area contributed by atoms with E-state index in [9.17, 15) is 24.6 Å². The van der Waals surface area contributed by atoms with E-state index in [1.165, 1.54) is 34.5 Å². The van der Waals surface area contributed by atoms with Crippen molar-refractivity contribution in [3.05, 3.63) is 22.1 Å². The lowest BCUT2D eigenvalue weighted by Gasteiger charge is -2.46. The van der Waals surface area contributed by atoms with Gasteiger partial charge in [0.05, 0.1) is 24.7 Å². The van der Waals surface area contributed by atoms with Crippen molar-refractivity contribution in [2.45, 2.75) is 43.7 Å². The second-order valence-corrected chi connectivity index (χ2v) is 10.3. The normalized spacial score (nSPS) is 31.2. The molecule has 0 radical (unpaired) electrons. The molecule has 11 heteroatoms. The van der Waals surface area contributed by atoms with Crippen molar-refractivity contribution in [1.82, 2.24) is 15.5 Å². The third kappa shape index (κ3) is 5.11. The molecule has 2 saturated heterocycles. The van der Waals surface area contributed by atoms with Gasteiger partial charge in [-0.3, -0.25) is 9.59 Å². The molecule has 2 amide bonds. The molecule has 3 aliphatic rings. The van der Waals surface area contributed by atoms with E-state index in [-0.39, 0.29) is 53.9 Å². The third-order valence-corrected chi connectivity index (χ3v) is 8.25. The summed E-state index contributed by atoms with van der Waals surface area (Å²) in [6.45, 7) is 4.37. The minimum absolute atomic E-state index is 0.0686. The number of aliphatic hydroxyl groups excluding tert-OH is 2. The van der Waals surface area contributed by atoms with Gasteiger partial charge in [0.1, 0.15) is 5.70 Å². The average molecular weight is 472 g/mol. The van der Waals surface area contributed by atoms with Gasteiger partial charge in [0.2, 0.25) is 11.8 Å². The van der Waals surface area contributed by atoms with Crippen LogP contribution < -0.4 is 10.6 Å². The number of hydrogen-bond donors (Lipinski definition) is 5. The number of carbonyl (C=O) groups is 3. The Morgan fingerprint density at radius 2 is 2.16 bits per heavy atom. The highest BCUT2D eigenvalue weighted by Crippen LogP contribution is 2.51. The van der Waals surface area contributed by atoms with E-state index in [1.54, 1.807) is 12.3 Å². The van der Waals surface area contributed by atoms with Gasteiger partial charge in [-0.25, -0.2) is 4.79 Å². The summed E-state index contributed by atoms with van der Waals surface area (Å²) >= 11 is 3.04. The Kier molecular flexibility index (Phi) is 8.08. The van der Waals surface area contributed by atoms with Gasteiger partial charge in [-0.2, -0.15) is 0 Å². The standard InChI is InChI=1S/C20H29N3O6S2/c1-10-16-15(11(2)25)19(27)23(16)17(20(28)29)18(10)31-13-7-12(22-8-13)9-30-6-3-14(26)21-4-5-24/h3,6,10-13,15-16,22,24-25H,4-5,7-9H2,1-2H3,(H,21,26)(H,28,29)/b6-3+/t10-,11-,12+,13+,15-,16?/m1/s1. The molecule has 172 valence electrons. The number of carboxylic acids is 1. The number of hydrogen-bond acceptors (Lipinski definition) is 8. The lowest BCUT2D eigenvalue weighted by molar-refractivity contribution is -0.163. The van der Waals surface area contributed by atoms with Crippen LogP contribution >= 0.6 is 23.5 Å². The summed E-state index contributed by atoms with van der Waals surface area (Å²) < 4.78 is 0. The molecule has 1 unspecified atom stereocenters. The Morgan fingerprint density at radius 1 is 1.42 bits per heavy atom. The molecule has 0 saturated carbocycles. The third-order valence-electron chi connectivity index (χ3n) is 5.81. The van der Waals surface area contributed by atoms with Crippen LogP contribution in [0.25, 0.3) is 0 Å². The Hall–Kier alpha value is -1.53. The monoisotopic (exact) mass is 471 g/mol. The fraction of sp³-hybridized carbons (Fsp3) is 0.650. The summed E-state index contributed by atoms with van der Waals surface area (Å²) in [5, 5.41) is 36.3. The molecule has 2 fully saturated rings. The highest BCUT2D eigenvalue weighted by molar-refractivity contribution is 8.03. The SMILES string of the molecule is C[C@H]1C(S[C@@H]2CN[C@H](CS/C=C/C(=O)NCCO)C2)=C(C(=O)O)N2C(=O)[C@H]([C@@H](C)O)C12. The van der Waals surface area contributed by atoms with E-state index in [1.807, 2.05) is 6.92 Å². The van der Waals surface area contributed by atoms with Crippen LogP contribution in [0.2, 0.25) is 0 Å². The van der Waals surface area contributed by atoms with Gasteiger partial charge in [0, 0.05) is 47.0 Å². The summed E-state index contributed by atoms with van der Waals surface area (Å²) in [4.78, 5) is 37.9. The largest absolute Gasteiger partial charge is 0.477 e. The van der Waals surface area contributed by atoms with Gasteiger partial charge in [0.25, 0.3) is 0 Å². The first-order valence-electron chi connectivity index (χ1n) is 10.3. The number of fused-ring (bicyclic) bond motifs is 1. The van der Waals surface area contributed by atoms with Gasteiger partial charge < -0.3 is 30.9 Å². The fourth-order valence-electron chi connectivity index (χ4n) is 4.38. The number of aliphatic hydroxyl groups is 2. The summed E-state index contributed by atoms with van der Waals surface area (Å²) in [6, 6.07) is -0.0500. The van der Waals surface area contributed by atoms with Crippen molar-refractivity contribution in [1.29, 1.82) is 0 Å². The minimum atomic E-state index is -1.10. The van der Waals surface area contributed by atoms with Crippen molar-refractivity contribution in [3.8, 4) is 0 Å². The van der Waals surface area contributed by atoms with E-state index in [4.69, 9.17) is 5.11 Å². The van der Waals surface area contributed by atoms with Crippen LogP contribution in [0.3, 0.4) is 0 Å². The molecule has 0 aromatic carbocycles. The molecule has 3 heterocycles. The molecule has 5 N–H and O–H groups in total. The van der Waals surface area contributed by atoms with E-state index in [0.29, 0.717) is 0 Å². The molecule has 3 rings (SSSR count). The number of carboxylic acid groups (broad SMARTS) is 1. The van der Waals surface area contributed by atoms with Crippen molar-refractivity contribution in [2.24, 2.45) is 11.8 Å². The average Bonchev–Trinajstić information content (AvgIpc) is 3.25. The summed E-state index contributed by atoms with van der Waals surface area (Å²) in [7, 11) is 0. The number of aliphatic carboxylic acids is 1. The molecule has 6 atom stereocenters. The second kappa shape index (κ2) is 10.4. The summed E-state index contributed by atoms with van der Waals surface area (Å²) in [6.07, 6.45) is 1.49. The van der Waals surface area contributed by atoms with Crippen LogP contribution in [0.5, 0.6) is 0 Å². The Morgan fingerprint density at radius 3 is 2.81 bits per heavy atom. The Bertz CT molecular complexity index is 787. The lowest BCUT2D eigenvalue weighted by atomic mass is 9.79. The number of rotatable bonds is 10. The smallest absolute Gasteiger partial charge is 0.353 e. The van der Waals surface area contributed by atoms with Crippen molar-refractivity contribution in [3.63, 3.8) is 0 Å². The zero-order valence-electron chi connectivity index (χ0n) is 17.5. The Balaban J connectivity index is 1.54. The van der Waals surface area contributed by atoms with Gasteiger partial charge >= 0.3 is 5.97 Å². The highest BCUT2D eigenvalue weighted by Gasteiger charge is 2.60. The van der Waals surface area contributed by atoms with Gasteiger partial charge in [-0.05, 0) is 18.8 Å². The highest BCUT2D eigenvalue weighted by atomic mass is 32.2. The fourth-order valence-corrected chi connectivity index (χ4v) is 6.71. The first kappa shape index (κ1) is 24.1. The number of β-lactam (4-membered cyclic amide) rings is 1. The van der Waals surface area contributed by atoms with E-state index < -0.39 is 18.0 Å². The summed E-state index contributed by atoms with van der Waals surface area (Å²) in [5.41, 5.74) is 0.0686. The van der Waals surface area contributed by atoms with Crippen LogP contribution in [-0.2, 0) is 14.4 Å². The first-order valence-corrected chi connectivity index (χ1v) is 12.2. The second-order valence-electron chi connectivity index (χ2n) is 8.00. The molecular formula is C20H29N3O6S2. The van der Waals surface area contributed by atoms with Crippen molar-refractivity contribution in [2.75, 3.05) is 25.4 Å². The molecule has 3 aliphatic heterocycles. The quantitative estimate of drug-likeness (QED) is 0.219. The first-order chi connectivity index (χ1) is 14.8. The Labute approximate surface area is 189 Å². The maximum atomic E-state index is 12.4. The molecule has 0 aliphatic carbocycles. The molecule has 0 bridgehead atoms. The minimum Gasteiger partial charge on any atom is -0.477 e. The summed E-state index contributed by atoms with van der Waals surface area (Å²) in [5.74, 6) is -1.55. The number of thioether (sulfide) groups is 2. The molecule has 31 heavy (non-hydrogen) atoms. The number of carbonyl (C=O) groups excluding carboxylic acids is 2. The number of amides is 2. The van der Waals surface area contributed by atoms with Crippen LogP contribution in [0, 0.1) is 11.8 Å². The maximum Gasteiger partial charge on any atom is 0.353 e. The number of nitrogens with zero attached hydrogens (tertiary/aromatic N) is 1. The maximum absolute atomic E-state index is 12.4. The lowest BCUT2D eigenvalue weighted by Crippen LogP contribution is -2.63. The van der Waals surface area contributed by atoms with Crippen LogP contribution in [0.15, 0.2) is 22.1 Å². The van der Waals surface area contributed by atoms with E-state index >= 15 is 0 Å². The number of nitrogens with one attached hydrogen (secondary N) is 2. The van der Waals surface area contributed by atoms with Gasteiger partial charge in [-0.1, -0.05) is 6.92 Å². The predicted octanol–water partition coefficient (Wildman–Crippen LogP) is -0.0408. The van der Waals surface area contributed by atoms with Crippen molar-refractivity contribution < 1.29 is 29.7 Å². The molecule has 0 aromatic rings. The topological polar surface area (TPSA) is 139 Å². The molecule has 0 spiro atoms. The predicted molar refractivity (Wildman–Crippen MR) is 119 cm³/mol. The van der Waals surface area contributed by atoms with Crippen molar-refractivity contribution >= 4 is 41.3 Å². The molecule has 9 nitrogen and oxygen atoms in total. The molecular weight excluding hydrogens is 442 g/mol. The van der Waals surface area contributed by atoms with E-state index in [0.717, 1.165) is 23.6 Å². The van der Waals surface area contributed by atoms with Crippen LogP contribution in [-0.4, -0.2) is 86.9 Å². The zero-order chi connectivity index (χ0) is 22.7.